The summed E-state index contributed by atoms with van der Waals surface area (Å²) >= 11 is 0. The second-order valence-electron chi connectivity index (χ2n) is 2.38. The zero-order valence-corrected chi connectivity index (χ0v) is 5.79. The summed E-state index contributed by atoms with van der Waals surface area (Å²) in [4.78, 5) is 13.3. The van der Waals surface area contributed by atoms with Crippen molar-refractivity contribution in [3.05, 3.63) is 36.0 Å². The van der Waals surface area contributed by atoms with Crippen LogP contribution >= 0.6 is 0 Å². The molecule has 0 saturated heterocycles. The lowest BCUT2D eigenvalue weighted by molar-refractivity contribution is 0.563. The molecule has 0 atom stereocenters. The molecule has 0 radical (unpaired) electrons. The molecular formula is C9H6NO+. The van der Waals surface area contributed by atoms with Gasteiger partial charge in [0.25, 0.3) is 0 Å². The number of aromatic nitrogens is 1. The van der Waals surface area contributed by atoms with Crippen LogP contribution in [0.5, 0.6) is 0 Å². The molecule has 2 rings (SSSR count). The monoisotopic (exact) mass is 144 g/mol. The van der Waals surface area contributed by atoms with Gasteiger partial charge in [-0.15, -0.1) is 4.79 Å². The Kier molecular flexibility index (Phi) is 1.21. The second kappa shape index (κ2) is 2.19. The maximum atomic E-state index is 10.2. The largest absolute Gasteiger partial charge is 0.359 e. The van der Waals surface area contributed by atoms with Crippen LogP contribution in [-0.4, -0.2) is 11.3 Å². The van der Waals surface area contributed by atoms with E-state index < -0.39 is 0 Å². The Balaban J connectivity index is 2.76. The molecule has 11 heavy (non-hydrogen) atoms. The van der Waals surface area contributed by atoms with Crippen LogP contribution in [0.4, 0.5) is 0 Å². The van der Waals surface area contributed by atoms with E-state index in [1.807, 2.05) is 24.6 Å². The minimum absolute atomic E-state index is 0.595. The SMILES string of the molecule is O=[C+]c1ccc2[nH]ccc2c1. The highest BCUT2D eigenvalue weighted by molar-refractivity contribution is 5.87. The first-order valence-electron chi connectivity index (χ1n) is 3.35. The third kappa shape index (κ3) is 0.896. The van der Waals surface area contributed by atoms with Crippen LogP contribution in [0.2, 0.25) is 0 Å². The fourth-order valence-corrected chi connectivity index (χ4v) is 1.12. The lowest BCUT2D eigenvalue weighted by atomic mass is 10.2. The second-order valence-corrected chi connectivity index (χ2v) is 2.38. The number of H-pyrrole nitrogens is 1. The van der Waals surface area contributed by atoms with Gasteiger partial charge in [-0.25, -0.2) is 0 Å². The van der Waals surface area contributed by atoms with Crippen LogP contribution < -0.4 is 0 Å². The molecule has 52 valence electrons. The third-order valence-corrected chi connectivity index (χ3v) is 1.67. The van der Waals surface area contributed by atoms with E-state index in [9.17, 15) is 4.79 Å². The first kappa shape index (κ1) is 6.08. The molecular weight excluding hydrogens is 138 g/mol. The maximum absolute atomic E-state index is 10.2. The number of benzene rings is 1. The lowest BCUT2D eigenvalue weighted by Crippen LogP contribution is -1.77. The van der Waals surface area contributed by atoms with Gasteiger partial charge >= 0.3 is 6.29 Å². The van der Waals surface area contributed by atoms with Crippen LogP contribution in [0, 0.1) is 0 Å². The standard InChI is InChI=1S/C9H6NO/c11-6-7-1-2-9-8(5-7)3-4-10-9/h1-5,10H/q+1. The zero-order chi connectivity index (χ0) is 7.68. The van der Waals surface area contributed by atoms with Gasteiger partial charge in [-0.1, -0.05) is 0 Å². The molecule has 1 heterocycles. The van der Waals surface area contributed by atoms with Crippen molar-refractivity contribution >= 4 is 17.2 Å². The number of hydrogen-bond acceptors (Lipinski definition) is 1. The van der Waals surface area contributed by atoms with E-state index in [-0.39, 0.29) is 0 Å². The average molecular weight is 144 g/mol. The number of fused-ring (bicyclic) bond motifs is 1. The van der Waals surface area contributed by atoms with Crippen molar-refractivity contribution in [3.63, 3.8) is 0 Å². The minimum atomic E-state index is 0.595. The van der Waals surface area contributed by atoms with Gasteiger partial charge in [0.05, 0.1) is 23.0 Å². The van der Waals surface area contributed by atoms with Crippen LogP contribution in [0.25, 0.3) is 10.9 Å². The molecule has 0 unspecified atom stereocenters. The maximum Gasteiger partial charge on any atom is 0.303 e. The predicted octanol–water partition coefficient (Wildman–Crippen LogP) is 1.63. The first-order chi connectivity index (χ1) is 5.40. The molecule has 1 aromatic heterocycles. The van der Waals surface area contributed by atoms with Crippen molar-refractivity contribution in [2.24, 2.45) is 0 Å². The van der Waals surface area contributed by atoms with Gasteiger partial charge < -0.3 is 4.98 Å². The molecule has 0 aliphatic heterocycles. The summed E-state index contributed by atoms with van der Waals surface area (Å²) in [5, 5.41) is 1.05. The van der Waals surface area contributed by atoms with Gasteiger partial charge in [0.15, 0.2) is 0 Å². The van der Waals surface area contributed by atoms with Crippen molar-refractivity contribution in [2.75, 3.05) is 0 Å². The normalized spacial score (nSPS) is 9.82. The smallest absolute Gasteiger partial charge is 0.303 e. The van der Waals surface area contributed by atoms with Gasteiger partial charge in [0.1, 0.15) is 0 Å². The van der Waals surface area contributed by atoms with Crippen molar-refractivity contribution in [1.82, 2.24) is 4.98 Å². The zero-order valence-electron chi connectivity index (χ0n) is 5.79. The molecule has 2 heteroatoms. The predicted molar refractivity (Wildman–Crippen MR) is 43.1 cm³/mol. The molecule has 0 spiro atoms. The summed E-state index contributed by atoms with van der Waals surface area (Å²) in [7, 11) is 0. The highest BCUT2D eigenvalue weighted by Gasteiger charge is 2.03. The molecule has 1 N–H and O–H groups in total. The summed E-state index contributed by atoms with van der Waals surface area (Å²) in [6.45, 7) is 0. The fourth-order valence-electron chi connectivity index (χ4n) is 1.12. The van der Waals surface area contributed by atoms with Gasteiger partial charge in [-0.2, -0.15) is 0 Å². The molecule has 0 saturated carbocycles. The Morgan fingerprint density at radius 3 is 3.00 bits per heavy atom. The van der Waals surface area contributed by atoms with Crippen molar-refractivity contribution < 1.29 is 4.79 Å². The van der Waals surface area contributed by atoms with Gasteiger partial charge in [-0.05, 0) is 6.07 Å². The van der Waals surface area contributed by atoms with E-state index in [1.54, 1.807) is 12.1 Å². The Bertz CT molecular complexity index is 389. The highest BCUT2D eigenvalue weighted by Crippen LogP contribution is 2.12. The summed E-state index contributed by atoms with van der Waals surface area (Å²) in [6.07, 6.45) is 3.69. The van der Waals surface area contributed by atoms with Crippen LogP contribution in [0.15, 0.2) is 30.5 Å². The number of rotatable bonds is 1. The van der Waals surface area contributed by atoms with Gasteiger partial charge in [-0.3, -0.25) is 0 Å². The van der Waals surface area contributed by atoms with Crippen molar-refractivity contribution in [2.45, 2.75) is 0 Å². The molecule has 2 aromatic rings. The molecule has 0 fully saturated rings. The topological polar surface area (TPSA) is 32.9 Å². The van der Waals surface area contributed by atoms with E-state index in [0.29, 0.717) is 5.56 Å². The Labute approximate surface area is 63.8 Å². The van der Waals surface area contributed by atoms with E-state index in [0.717, 1.165) is 10.9 Å². The Morgan fingerprint density at radius 2 is 2.18 bits per heavy atom. The third-order valence-electron chi connectivity index (χ3n) is 1.67. The summed E-state index contributed by atoms with van der Waals surface area (Å²) in [5.74, 6) is 0. The minimum Gasteiger partial charge on any atom is -0.359 e. The molecule has 0 bridgehead atoms. The number of nitrogens with one attached hydrogen (secondary N) is 1. The number of carbonyl (C=O) groups excluding carboxylic acids is 1. The van der Waals surface area contributed by atoms with E-state index in [2.05, 4.69) is 4.98 Å². The summed E-state index contributed by atoms with van der Waals surface area (Å²) in [6, 6.07) is 7.34. The highest BCUT2D eigenvalue weighted by atomic mass is 16.1. The number of aromatic amines is 1. The summed E-state index contributed by atoms with van der Waals surface area (Å²) < 4.78 is 0. The van der Waals surface area contributed by atoms with Crippen molar-refractivity contribution in [3.8, 4) is 0 Å². The van der Waals surface area contributed by atoms with Crippen LogP contribution in [0.1, 0.15) is 5.56 Å². The molecule has 0 aliphatic carbocycles. The fraction of sp³-hybridized carbons (Fsp3) is 0. The number of hydrogen-bond donors (Lipinski definition) is 1. The van der Waals surface area contributed by atoms with Gasteiger partial charge in [0, 0.05) is 12.3 Å². The van der Waals surface area contributed by atoms with Gasteiger partial charge in [0.2, 0.25) is 5.56 Å². The Morgan fingerprint density at radius 1 is 1.27 bits per heavy atom. The Hall–Kier alpha value is -1.66. The molecule has 2 nitrogen and oxygen atoms in total. The van der Waals surface area contributed by atoms with Crippen molar-refractivity contribution in [1.29, 1.82) is 0 Å². The summed E-state index contributed by atoms with van der Waals surface area (Å²) in [5.41, 5.74) is 1.64. The van der Waals surface area contributed by atoms with Crippen LogP contribution in [0.3, 0.4) is 0 Å². The molecule has 1 aromatic carbocycles. The molecule has 0 aliphatic rings. The van der Waals surface area contributed by atoms with E-state index >= 15 is 0 Å². The quantitative estimate of drug-likeness (QED) is 0.606. The average Bonchev–Trinajstić information content (AvgIpc) is 2.50. The van der Waals surface area contributed by atoms with E-state index in [1.165, 1.54) is 0 Å². The molecule has 0 amide bonds. The lowest BCUT2D eigenvalue weighted by Gasteiger charge is -1.80. The first-order valence-corrected chi connectivity index (χ1v) is 3.35. The van der Waals surface area contributed by atoms with E-state index in [4.69, 9.17) is 0 Å². The van der Waals surface area contributed by atoms with Crippen LogP contribution in [-0.2, 0) is 4.79 Å².